The van der Waals surface area contributed by atoms with Crippen LogP contribution in [-0.2, 0) is 0 Å². The summed E-state index contributed by atoms with van der Waals surface area (Å²) in [5, 5.41) is 3.44. The fourth-order valence-electron chi connectivity index (χ4n) is 1.83. The molecule has 1 unspecified atom stereocenters. The van der Waals surface area contributed by atoms with Gasteiger partial charge in [0.1, 0.15) is 0 Å². The molecule has 0 aliphatic rings. The van der Waals surface area contributed by atoms with E-state index in [1.807, 2.05) is 19.2 Å². The Balaban J connectivity index is 1.95. The van der Waals surface area contributed by atoms with Crippen LogP contribution in [-0.4, -0.2) is 11.5 Å². The summed E-state index contributed by atoms with van der Waals surface area (Å²) in [5.41, 5.74) is 3.55. The minimum atomic E-state index is 0.504. The molecule has 88 valence electrons. The second kappa shape index (κ2) is 5.48. The molecule has 17 heavy (non-hydrogen) atoms. The lowest BCUT2D eigenvalue weighted by Gasteiger charge is -2.14. The molecule has 2 aromatic rings. The molecule has 0 aliphatic carbocycles. The number of nitrogens with zero attached hydrogens (tertiary/aromatic N) is 1. The SMILES string of the molecule is Cc1cc(NCC(C)c2ccccc2)ccn1. The summed E-state index contributed by atoms with van der Waals surface area (Å²) < 4.78 is 0. The van der Waals surface area contributed by atoms with Crippen LogP contribution in [0.2, 0.25) is 0 Å². The molecule has 0 fully saturated rings. The van der Waals surface area contributed by atoms with Gasteiger partial charge >= 0.3 is 0 Å². The third-order valence-corrected chi connectivity index (χ3v) is 2.88. The molecule has 2 rings (SSSR count). The summed E-state index contributed by atoms with van der Waals surface area (Å²) in [7, 11) is 0. The quantitative estimate of drug-likeness (QED) is 0.861. The lowest BCUT2D eigenvalue weighted by Crippen LogP contribution is -2.09. The van der Waals surface area contributed by atoms with Crippen LogP contribution in [0.4, 0.5) is 5.69 Å². The molecule has 0 aliphatic heterocycles. The Labute approximate surface area is 103 Å². The molecular weight excluding hydrogens is 208 g/mol. The highest BCUT2D eigenvalue weighted by molar-refractivity contribution is 5.43. The van der Waals surface area contributed by atoms with E-state index in [1.165, 1.54) is 5.56 Å². The molecule has 1 heterocycles. The first kappa shape index (κ1) is 11.6. The average Bonchev–Trinajstić information content (AvgIpc) is 2.37. The van der Waals surface area contributed by atoms with Crippen molar-refractivity contribution < 1.29 is 0 Å². The summed E-state index contributed by atoms with van der Waals surface area (Å²) in [6.45, 7) is 5.18. The van der Waals surface area contributed by atoms with Gasteiger partial charge in [-0.1, -0.05) is 37.3 Å². The first-order valence-electron chi connectivity index (χ1n) is 5.97. The van der Waals surface area contributed by atoms with Gasteiger partial charge in [0.2, 0.25) is 0 Å². The van der Waals surface area contributed by atoms with Crippen LogP contribution >= 0.6 is 0 Å². The molecule has 0 bridgehead atoms. The average molecular weight is 226 g/mol. The molecule has 1 N–H and O–H groups in total. The van der Waals surface area contributed by atoms with Gasteiger partial charge in [0.15, 0.2) is 0 Å². The number of hydrogen-bond donors (Lipinski definition) is 1. The number of aromatic nitrogens is 1. The summed E-state index contributed by atoms with van der Waals surface area (Å²) in [6.07, 6.45) is 1.84. The van der Waals surface area contributed by atoms with Crippen LogP contribution < -0.4 is 5.32 Å². The Kier molecular flexibility index (Phi) is 3.76. The van der Waals surface area contributed by atoms with E-state index in [1.54, 1.807) is 0 Å². The van der Waals surface area contributed by atoms with Crippen LogP contribution in [0.5, 0.6) is 0 Å². The van der Waals surface area contributed by atoms with Crippen LogP contribution in [0.25, 0.3) is 0 Å². The number of anilines is 1. The zero-order valence-electron chi connectivity index (χ0n) is 10.4. The topological polar surface area (TPSA) is 24.9 Å². The van der Waals surface area contributed by atoms with E-state index in [9.17, 15) is 0 Å². The van der Waals surface area contributed by atoms with Gasteiger partial charge in [-0.05, 0) is 30.5 Å². The summed E-state index contributed by atoms with van der Waals surface area (Å²) in [4.78, 5) is 4.19. The molecule has 2 nitrogen and oxygen atoms in total. The second-order valence-electron chi connectivity index (χ2n) is 4.38. The number of hydrogen-bond acceptors (Lipinski definition) is 2. The molecule has 2 heteroatoms. The zero-order chi connectivity index (χ0) is 12.1. The van der Waals surface area contributed by atoms with Gasteiger partial charge in [-0.15, -0.1) is 0 Å². The lowest BCUT2D eigenvalue weighted by atomic mass is 10.0. The monoisotopic (exact) mass is 226 g/mol. The highest BCUT2D eigenvalue weighted by atomic mass is 14.9. The summed E-state index contributed by atoms with van der Waals surface area (Å²) in [5.74, 6) is 0.504. The standard InChI is InChI=1S/C15H18N2/c1-12(14-6-4-3-5-7-14)11-17-15-8-9-16-13(2)10-15/h3-10,12H,11H2,1-2H3,(H,16,17). The van der Waals surface area contributed by atoms with Gasteiger partial charge in [-0.25, -0.2) is 0 Å². The van der Waals surface area contributed by atoms with Crippen LogP contribution in [0, 0.1) is 6.92 Å². The number of rotatable bonds is 4. The molecule has 0 spiro atoms. The third-order valence-electron chi connectivity index (χ3n) is 2.88. The number of benzene rings is 1. The van der Waals surface area contributed by atoms with Gasteiger partial charge in [0.25, 0.3) is 0 Å². The Morgan fingerprint density at radius 3 is 2.65 bits per heavy atom. The maximum atomic E-state index is 4.19. The second-order valence-corrected chi connectivity index (χ2v) is 4.38. The maximum absolute atomic E-state index is 4.19. The van der Waals surface area contributed by atoms with Crippen LogP contribution in [0.1, 0.15) is 24.1 Å². The highest BCUT2D eigenvalue weighted by Gasteiger charge is 2.04. The number of aryl methyl sites for hydroxylation is 1. The maximum Gasteiger partial charge on any atom is 0.0393 e. The molecule has 0 saturated carbocycles. The largest absolute Gasteiger partial charge is 0.384 e. The van der Waals surface area contributed by atoms with E-state index in [2.05, 4.69) is 53.6 Å². The van der Waals surface area contributed by atoms with Crippen molar-refractivity contribution >= 4 is 5.69 Å². The van der Waals surface area contributed by atoms with Crippen LogP contribution in [0.3, 0.4) is 0 Å². The van der Waals surface area contributed by atoms with E-state index >= 15 is 0 Å². The van der Waals surface area contributed by atoms with Crippen molar-refractivity contribution in [3.05, 3.63) is 59.9 Å². The molecule has 0 amide bonds. The van der Waals surface area contributed by atoms with E-state index < -0.39 is 0 Å². The Morgan fingerprint density at radius 1 is 1.18 bits per heavy atom. The smallest absolute Gasteiger partial charge is 0.0393 e. The van der Waals surface area contributed by atoms with Gasteiger partial charge in [0, 0.05) is 24.1 Å². The predicted octanol–water partition coefficient (Wildman–Crippen LogP) is 3.61. The van der Waals surface area contributed by atoms with Crippen molar-refractivity contribution in [1.29, 1.82) is 0 Å². The molecule has 0 radical (unpaired) electrons. The third kappa shape index (κ3) is 3.31. The molecule has 1 atom stereocenters. The van der Waals surface area contributed by atoms with Crippen molar-refractivity contribution in [3.63, 3.8) is 0 Å². The molecule has 0 saturated heterocycles. The molecule has 1 aromatic heterocycles. The van der Waals surface area contributed by atoms with Crippen molar-refractivity contribution in [2.45, 2.75) is 19.8 Å². The first-order chi connectivity index (χ1) is 8.25. The Morgan fingerprint density at radius 2 is 1.94 bits per heavy atom. The fourth-order valence-corrected chi connectivity index (χ4v) is 1.83. The predicted molar refractivity (Wildman–Crippen MR) is 72.3 cm³/mol. The van der Waals surface area contributed by atoms with Crippen LogP contribution in [0.15, 0.2) is 48.7 Å². The minimum Gasteiger partial charge on any atom is -0.384 e. The van der Waals surface area contributed by atoms with Gasteiger partial charge in [0.05, 0.1) is 0 Å². The number of pyridine rings is 1. The van der Waals surface area contributed by atoms with Crippen molar-refractivity contribution in [2.24, 2.45) is 0 Å². The van der Waals surface area contributed by atoms with Crippen molar-refractivity contribution in [1.82, 2.24) is 4.98 Å². The Hall–Kier alpha value is -1.83. The highest BCUT2D eigenvalue weighted by Crippen LogP contribution is 2.16. The zero-order valence-corrected chi connectivity index (χ0v) is 10.4. The normalized spacial score (nSPS) is 12.1. The van der Waals surface area contributed by atoms with E-state index in [-0.39, 0.29) is 0 Å². The van der Waals surface area contributed by atoms with Gasteiger partial charge < -0.3 is 5.32 Å². The van der Waals surface area contributed by atoms with E-state index in [0.717, 1.165) is 17.9 Å². The lowest BCUT2D eigenvalue weighted by molar-refractivity contribution is 0.804. The van der Waals surface area contributed by atoms with Gasteiger partial charge in [-0.3, -0.25) is 4.98 Å². The van der Waals surface area contributed by atoms with Crippen molar-refractivity contribution in [2.75, 3.05) is 11.9 Å². The van der Waals surface area contributed by atoms with E-state index in [0.29, 0.717) is 5.92 Å². The number of nitrogens with one attached hydrogen (secondary N) is 1. The van der Waals surface area contributed by atoms with E-state index in [4.69, 9.17) is 0 Å². The summed E-state index contributed by atoms with van der Waals surface area (Å²) in [6, 6.07) is 14.6. The molecule has 1 aromatic carbocycles. The minimum absolute atomic E-state index is 0.504. The van der Waals surface area contributed by atoms with Gasteiger partial charge in [-0.2, -0.15) is 0 Å². The first-order valence-corrected chi connectivity index (χ1v) is 5.97. The fraction of sp³-hybridized carbons (Fsp3) is 0.267. The Bertz CT molecular complexity index is 465. The summed E-state index contributed by atoms with van der Waals surface area (Å²) >= 11 is 0. The molecular formula is C15H18N2. The van der Waals surface area contributed by atoms with Crippen molar-refractivity contribution in [3.8, 4) is 0 Å².